The van der Waals surface area contributed by atoms with Gasteiger partial charge in [0.25, 0.3) is 0 Å². The van der Waals surface area contributed by atoms with E-state index in [0.717, 1.165) is 55.2 Å². The van der Waals surface area contributed by atoms with Crippen LogP contribution in [0.3, 0.4) is 0 Å². The average molecular weight is 337 g/mol. The van der Waals surface area contributed by atoms with Crippen molar-refractivity contribution < 1.29 is 4.79 Å². The molecule has 0 atom stereocenters. The second kappa shape index (κ2) is 5.06. The molecule has 0 saturated heterocycles. The van der Waals surface area contributed by atoms with Crippen molar-refractivity contribution in [1.29, 1.82) is 0 Å². The van der Waals surface area contributed by atoms with Gasteiger partial charge < -0.3 is 11.1 Å². The van der Waals surface area contributed by atoms with Crippen molar-refractivity contribution in [3.05, 3.63) is 28.7 Å². The quantitative estimate of drug-likeness (QED) is 0.880. The normalized spacial score (nSPS) is 32.0. The largest absolute Gasteiger partial charge is 0.384 e. The first-order valence-electron chi connectivity index (χ1n) is 7.33. The molecule has 108 valence electrons. The van der Waals surface area contributed by atoms with Gasteiger partial charge in [-0.1, -0.05) is 22.0 Å². The molecule has 0 radical (unpaired) electrons. The first kappa shape index (κ1) is 13.9. The van der Waals surface area contributed by atoms with Gasteiger partial charge in [-0.25, -0.2) is 0 Å². The zero-order valence-electron chi connectivity index (χ0n) is 11.6. The van der Waals surface area contributed by atoms with Crippen LogP contribution in [-0.2, 0) is 4.79 Å². The molecule has 3 fully saturated rings. The Morgan fingerprint density at radius 2 is 1.85 bits per heavy atom. The maximum atomic E-state index is 11.7. The number of anilines is 1. The number of hydrogen-bond acceptors (Lipinski definition) is 2. The summed E-state index contributed by atoms with van der Waals surface area (Å²) in [5.41, 5.74) is 6.94. The van der Waals surface area contributed by atoms with Crippen LogP contribution in [0.25, 0.3) is 0 Å². The van der Waals surface area contributed by atoms with Crippen LogP contribution in [0.4, 0.5) is 5.69 Å². The highest BCUT2D eigenvalue weighted by atomic mass is 79.9. The van der Waals surface area contributed by atoms with Crippen molar-refractivity contribution in [1.82, 2.24) is 0 Å². The number of halogens is 1. The van der Waals surface area contributed by atoms with Gasteiger partial charge in [0.05, 0.1) is 0 Å². The summed E-state index contributed by atoms with van der Waals surface area (Å²) in [6.07, 6.45) is 6.29. The second-order valence-corrected chi connectivity index (χ2v) is 7.42. The minimum atomic E-state index is -0.183. The van der Waals surface area contributed by atoms with Crippen LogP contribution in [0, 0.1) is 10.8 Å². The number of carbonyl (C=O) groups excluding carboxylic acids is 1. The first-order valence-corrected chi connectivity index (χ1v) is 8.12. The van der Waals surface area contributed by atoms with Gasteiger partial charge in [-0.2, -0.15) is 0 Å². The molecule has 0 unspecified atom stereocenters. The zero-order valence-corrected chi connectivity index (χ0v) is 13.2. The molecule has 20 heavy (non-hydrogen) atoms. The lowest BCUT2D eigenvalue weighted by atomic mass is 9.53. The van der Waals surface area contributed by atoms with E-state index in [0.29, 0.717) is 5.41 Å². The predicted molar refractivity (Wildman–Crippen MR) is 84.4 cm³/mol. The third-order valence-corrected chi connectivity index (χ3v) is 5.91. The fourth-order valence-corrected chi connectivity index (χ4v) is 4.19. The van der Waals surface area contributed by atoms with Crippen molar-refractivity contribution in [2.45, 2.75) is 38.5 Å². The molecule has 3 nitrogen and oxygen atoms in total. The fraction of sp³-hybridized carbons (Fsp3) is 0.562. The van der Waals surface area contributed by atoms with Gasteiger partial charge in [0.15, 0.2) is 0 Å². The molecule has 3 aliphatic carbocycles. The van der Waals surface area contributed by atoms with Gasteiger partial charge in [0.2, 0.25) is 5.91 Å². The fourth-order valence-electron chi connectivity index (χ4n) is 3.79. The molecule has 4 rings (SSSR count). The van der Waals surface area contributed by atoms with Gasteiger partial charge in [0.1, 0.15) is 0 Å². The Labute approximate surface area is 128 Å². The van der Waals surface area contributed by atoms with Crippen LogP contribution in [0.5, 0.6) is 0 Å². The number of benzene rings is 1. The van der Waals surface area contributed by atoms with Crippen molar-refractivity contribution >= 4 is 27.5 Å². The van der Waals surface area contributed by atoms with Crippen LogP contribution in [-0.4, -0.2) is 12.5 Å². The molecule has 0 spiro atoms. The van der Waals surface area contributed by atoms with Gasteiger partial charge in [-0.15, -0.1) is 0 Å². The van der Waals surface area contributed by atoms with Crippen LogP contribution < -0.4 is 11.1 Å². The van der Waals surface area contributed by atoms with Gasteiger partial charge in [-0.05, 0) is 62.1 Å². The van der Waals surface area contributed by atoms with Gasteiger partial charge in [0, 0.05) is 22.1 Å². The van der Waals surface area contributed by atoms with E-state index in [-0.39, 0.29) is 11.3 Å². The summed E-state index contributed by atoms with van der Waals surface area (Å²) in [6, 6.07) is 8.28. The summed E-state index contributed by atoms with van der Waals surface area (Å²) in [7, 11) is 0. The lowest BCUT2D eigenvalue weighted by molar-refractivity contribution is -0.136. The summed E-state index contributed by atoms with van der Waals surface area (Å²) in [6.45, 7) is 0.998. The maximum Gasteiger partial charge on any atom is 0.223 e. The van der Waals surface area contributed by atoms with Crippen LogP contribution in [0.2, 0.25) is 0 Å². The van der Waals surface area contributed by atoms with Crippen LogP contribution in [0.15, 0.2) is 28.7 Å². The molecule has 1 aromatic rings. The molecule has 2 bridgehead atoms. The Morgan fingerprint density at radius 1 is 1.20 bits per heavy atom. The Kier molecular flexibility index (Phi) is 3.53. The highest BCUT2D eigenvalue weighted by Gasteiger charge is 2.51. The number of rotatable bonds is 4. The van der Waals surface area contributed by atoms with Crippen molar-refractivity contribution in [3.63, 3.8) is 0 Å². The monoisotopic (exact) mass is 336 g/mol. The van der Waals surface area contributed by atoms with E-state index in [1.165, 1.54) is 0 Å². The second-order valence-electron chi connectivity index (χ2n) is 6.51. The maximum absolute atomic E-state index is 11.7. The van der Waals surface area contributed by atoms with E-state index in [1.807, 2.05) is 12.1 Å². The summed E-state index contributed by atoms with van der Waals surface area (Å²) >= 11 is 3.50. The summed E-state index contributed by atoms with van der Waals surface area (Å²) in [4.78, 5) is 11.7. The number of nitrogens with one attached hydrogen (secondary N) is 1. The van der Waals surface area contributed by atoms with Crippen molar-refractivity contribution in [2.24, 2.45) is 16.6 Å². The van der Waals surface area contributed by atoms with Gasteiger partial charge in [-0.3, -0.25) is 4.79 Å². The number of primary amides is 1. The van der Waals surface area contributed by atoms with Crippen LogP contribution >= 0.6 is 15.9 Å². The molecular weight excluding hydrogens is 316 g/mol. The number of fused-ring (bicyclic) bond motifs is 3. The summed E-state index contributed by atoms with van der Waals surface area (Å²) < 4.78 is 1.10. The molecule has 1 amide bonds. The first-order chi connectivity index (χ1) is 9.54. The third kappa shape index (κ3) is 2.46. The Bertz CT molecular complexity index is 504. The average Bonchev–Trinajstić information content (AvgIpc) is 2.47. The van der Waals surface area contributed by atoms with Gasteiger partial charge >= 0.3 is 0 Å². The Balaban J connectivity index is 1.64. The number of carbonyl (C=O) groups is 1. The molecule has 3 aliphatic rings. The highest BCUT2D eigenvalue weighted by molar-refractivity contribution is 9.10. The lowest BCUT2D eigenvalue weighted by Crippen LogP contribution is -2.50. The van der Waals surface area contributed by atoms with Crippen LogP contribution in [0.1, 0.15) is 38.5 Å². The van der Waals surface area contributed by atoms with E-state index in [9.17, 15) is 4.79 Å². The topological polar surface area (TPSA) is 55.1 Å². The molecule has 0 aliphatic heterocycles. The predicted octanol–water partition coefficient (Wildman–Crippen LogP) is 3.69. The van der Waals surface area contributed by atoms with E-state index < -0.39 is 0 Å². The number of hydrogen-bond donors (Lipinski definition) is 2. The molecule has 1 aromatic carbocycles. The summed E-state index contributed by atoms with van der Waals surface area (Å²) in [5, 5.41) is 3.57. The third-order valence-electron chi connectivity index (χ3n) is 5.42. The highest BCUT2D eigenvalue weighted by Crippen LogP contribution is 2.56. The molecule has 3 N–H and O–H groups in total. The van der Waals surface area contributed by atoms with E-state index in [4.69, 9.17) is 5.73 Å². The smallest absolute Gasteiger partial charge is 0.223 e. The van der Waals surface area contributed by atoms with E-state index in [2.05, 4.69) is 33.4 Å². The van der Waals surface area contributed by atoms with E-state index in [1.54, 1.807) is 0 Å². The molecule has 0 heterocycles. The summed E-state index contributed by atoms with van der Waals surface area (Å²) in [5.74, 6) is -0.0780. The van der Waals surface area contributed by atoms with Crippen molar-refractivity contribution in [2.75, 3.05) is 11.9 Å². The number of nitrogens with two attached hydrogens (primary N) is 1. The Hall–Kier alpha value is -1.03. The lowest BCUT2D eigenvalue weighted by Gasteiger charge is -2.52. The minimum Gasteiger partial charge on any atom is -0.384 e. The van der Waals surface area contributed by atoms with E-state index >= 15 is 0 Å². The minimum absolute atomic E-state index is 0.0780. The van der Waals surface area contributed by atoms with Crippen molar-refractivity contribution in [3.8, 4) is 0 Å². The molecule has 3 saturated carbocycles. The number of amides is 1. The standard InChI is InChI=1S/C16H21BrN2O/c17-12-2-1-3-13(10-12)19-11-15-4-7-16(8-5-15,9-6-15)14(18)20/h1-3,10,19H,4-9,11H2,(H2,18,20). The zero-order chi connectivity index (χ0) is 14.2. The molecular formula is C16H21BrN2O. The Morgan fingerprint density at radius 3 is 2.40 bits per heavy atom. The molecule has 4 heteroatoms. The SMILES string of the molecule is NC(=O)C12CCC(CNc3cccc(Br)c3)(CC1)CC2. The molecule has 0 aromatic heterocycles.